The summed E-state index contributed by atoms with van der Waals surface area (Å²) in [6, 6.07) is 10.9. The molecule has 0 aromatic heterocycles. The molecule has 1 aliphatic rings. The van der Waals surface area contributed by atoms with Crippen LogP contribution in [0.15, 0.2) is 30.3 Å². The smallest absolute Gasteiger partial charge is 0.161 e. The first-order valence-electron chi connectivity index (χ1n) is 10.3. The van der Waals surface area contributed by atoms with E-state index in [0.29, 0.717) is 6.04 Å². The summed E-state index contributed by atoms with van der Waals surface area (Å²) in [6.07, 6.45) is 3.13. The van der Waals surface area contributed by atoms with Crippen LogP contribution in [0.25, 0.3) is 0 Å². The highest BCUT2D eigenvalue weighted by Gasteiger charge is 2.39. The first kappa shape index (κ1) is 21.3. The molecule has 5 nitrogen and oxygen atoms in total. The Morgan fingerprint density at radius 3 is 2.10 bits per heavy atom. The Morgan fingerprint density at radius 1 is 0.862 bits per heavy atom. The molecule has 29 heavy (non-hydrogen) atoms. The Kier molecular flexibility index (Phi) is 6.58. The van der Waals surface area contributed by atoms with Gasteiger partial charge in [0.1, 0.15) is 6.04 Å². The van der Waals surface area contributed by atoms with Crippen LogP contribution in [-0.2, 0) is 12.8 Å². The van der Waals surface area contributed by atoms with Gasteiger partial charge < -0.3 is 23.4 Å². The van der Waals surface area contributed by atoms with Crippen molar-refractivity contribution in [3.8, 4) is 23.0 Å². The van der Waals surface area contributed by atoms with Gasteiger partial charge in [-0.2, -0.15) is 0 Å². The van der Waals surface area contributed by atoms with Crippen molar-refractivity contribution in [2.75, 3.05) is 48.6 Å². The molecule has 0 unspecified atom stereocenters. The van der Waals surface area contributed by atoms with Crippen LogP contribution in [0.5, 0.6) is 23.0 Å². The highest BCUT2D eigenvalue weighted by molar-refractivity contribution is 5.50. The van der Waals surface area contributed by atoms with Crippen LogP contribution < -0.4 is 18.9 Å². The molecule has 0 spiro atoms. The number of ether oxygens (including phenoxy) is 4. The van der Waals surface area contributed by atoms with Crippen molar-refractivity contribution in [2.45, 2.75) is 32.2 Å². The van der Waals surface area contributed by atoms with Gasteiger partial charge in [0, 0.05) is 18.4 Å². The molecule has 0 saturated heterocycles. The Labute approximate surface area is 174 Å². The molecule has 0 N–H and O–H groups in total. The van der Waals surface area contributed by atoms with E-state index in [0.717, 1.165) is 59.8 Å². The van der Waals surface area contributed by atoms with E-state index in [2.05, 4.69) is 38.2 Å². The Balaban J connectivity index is 2.06. The lowest BCUT2D eigenvalue weighted by Crippen LogP contribution is -2.52. The second-order valence-electron chi connectivity index (χ2n) is 7.99. The molecule has 0 amide bonds. The molecule has 0 saturated carbocycles. The van der Waals surface area contributed by atoms with E-state index < -0.39 is 0 Å². The number of benzene rings is 2. The van der Waals surface area contributed by atoms with Crippen LogP contribution in [0.4, 0.5) is 0 Å². The van der Waals surface area contributed by atoms with E-state index in [4.69, 9.17) is 18.9 Å². The van der Waals surface area contributed by atoms with E-state index in [1.54, 1.807) is 28.4 Å². The molecule has 2 aromatic rings. The van der Waals surface area contributed by atoms with E-state index in [1.807, 2.05) is 6.07 Å². The van der Waals surface area contributed by atoms with E-state index >= 15 is 0 Å². The molecule has 5 heteroatoms. The summed E-state index contributed by atoms with van der Waals surface area (Å²) in [7, 11) is 9.15. The van der Waals surface area contributed by atoms with Gasteiger partial charge in [-0.25, -0.2) is 0 Å². The van der Waals surface area contributed by atoms with Crippen LogP contribution >= 0.6 is 0 Å². The number of nitrogens with zero attached hydrogens (tertiary/aromatic N) is 1. The largest absolute Gasteiger partial charge is 0.493 e. The number of quaternary nitrogens is 1. The summed E-state index contributed by atoms with van der Waals surface area (Å²) in [5.41, 5.74) is 3.97. The minimum absolute atomic E-state index is 0.344. The number of methoxy groups -OCH3 is 4. The summed E-state index contributed by atoms with van der Waals surface area (Å²) in [6.45, 7) is 4.53. The molecule has 3 rings (SSSR count). The third-order valence-electron chi connectivity index (χ3n) is 6.26. The molecule has 0 aliphatic carbocycles. The first-order chi connectivity index (χ1) is 14.0. The molecule has 1 aliphatic heterocycles. The normalized spacial score (nSPS) is 20.7. The van der Waals surface area contributed by atoms with Crippen LogP contribution in [0.1, 0.15) is 36.1 Å². The van der Waals surface area contributed by atoms with Gasteiger partial charge in [0.15, 0.2) is 23.0 Å². The van der Waals surface area contributed by atoms with Gasteiger partial charge in [-0.05, 0) is 41.8 Å². The first-order valence-corrected chi connectivity index (χ1v) is 10.3. The van der Waals surface area contributed by atoms with E-state index in [-0.39, 0.29) is 0 Å². The lowest BCUT2D eigenvalue weighted by atomic mass is 9.86. The monoisotopic (exact) mass is 400 g/mol. The third-order valence-corrected chi connectivity index (χ3v) is 6.26. The van der Waals surface area contributed by atoms with Crippen LogP contribution in [0, 0.1) is 0 Å². The maximum Gasteiger partial charge on any atom is 0.161 e. The lowest BCUT2D eigenvalue weighted by Gasteiger charge is -2.46. The number of fused-ring (bicyclic) bond motifs is 1. The summed E-state index contributed by atoms with van der Waals surface area (Å²) in [5.74, 6) is 3.15. The zero-order chi connectivity index (χ0) is 21.0. The van der Waals surface area contributed by atoms with E-state index in [1.165, 1.54) is 16.7 Å². The fourth-order valence-electron chi connectivity index (χ4n) is 4.67. The Bertz CT molecular complexity index is 851. The molecule has 0 radical (unpaired) electrons. The van der Waals surface area contributed by atoms with Crippen molar-refractivity contribution in [3.05, 3.63) is 47.0 Å². The van der Waals surface area contributed by atoms with Crippen molar-refractivity contribution >= 4 is 0 Å². The summed E-state index contributed by atoms with van der Waals surface area (Å²) >= 11 is 0. The molecule has 2 atom stereocenters. The van der Waals surface area contributed by atoms with Crippen LogP contribution in [0.3, 0.4) is 0 Å². The van der Waals surface area contributed by atoms with Gasteiger partial charge in [-0.3, -0.25) is 0 Å². The maximum atomic E-state index is 5.63. The molecule has 0 fully saturated rings. The highest BCUT2D eigenvalue weighted by Crippen LogP contribution is 2.43. The molecule has 158 valence electrons. The van der Waals surface area contributed by atoms with Gasteiger partial charge in [0.2, 0.25) is 0 Å². The van der Waals surface area contributed by atoms with Gasteiger partial charge in [-0.15, -0.1) is 0 Å². The second kappa shape index (κ2) is 8.95. The fourth-order valence-corrected chi connectivity index (χ4v) is 4.67. The molecule has 2 aromatic carbocycles. The zero-order valence-electron chi connectivity index (χ0n) is 18.6. The summed E-state index contributed by atoms with van der Waals surface area (Å²) < 4.78 is 23.1. The summed E-state index contributed by atoms with van der Waals surface area (Å²) in [4.78, 5) is 0. The second-order valence-corrected chi connectivity index (χ2v) is 7.99. The van der Waals surface area contributed by atoms with Crippen molar-refractivity contribution in [1.29, 1.82) is 0 Å². The highest BCUT2D eigenvalue weighted by atomic mass is 16.5. The van der Waals surface area contributed by atoms with Gasteiger partial charge in [0.25, 0.3) is 0 Å². The molecule has 0 bridgehead atoms. The van der Waals surface area contributed by atoms with Crippen LogP contribution in [0.2, 0.25) is 0 Å². The predicted octanol–water partition coefficient (Wildman–Crippen LogP) is 4.42. The Hall–Kier alpha value is -2.40. The number of rotatable bonds is 8. The average Bonchev–Trinajstić information content (AvgIpc) is 2.74. The van der Waals surface area contributed by atoms with E-state index in [9.17, 15) is 0 Å². The SMILES string of the molecule is CCC[N@@+]1(C)CCc2cc(OC)c(OC)cc2[C@@H]1Cc1ccc(OC)c(OC)c1. The number of hydrogen-bond donors (Lipinski definition) is 0. The summed E-state index contributed by atoms with van der Waals surface area (Å²) in [5, 5.41) is 0. The minimum atomic E-state index is 0.344. The van der Waals surface area contributed by atoms with Gasteiger partial charge in [0.05, 0.1) is 48.6 Å². The standard InChI is InChI=1S/C24H34NO4/c1-7-11-25(2)12-10-18-15-23(28-5)24(29-6)16-19(18)20(25)13-17-8-9-21(26-3)22(14-17)27-4/h8-9,14-16,20H,7,10-13H2,1-6H3/q+1/t20-,25-/m0/s1. The molecular formula is C24H34NO4+. The van der Waals surface area contributed by atoms with Gasteiger partial charge >= 0.3 is 0 Å². The lowest BCUT2D eigenvalue weighted by molar-refractivity contribution is -0.941. The number of hydrogen-bond acceptors (Lipinski definition) is 4. The maximum absolute atomic E-state index is 5.63. The van der Waals surface area contributed by atoms with Gasteiger partial charge in [-0.1, -0.05) is 13.0 Å². The topological polar surface area (TPSA) is 36.9 Å². The minimum Gasteiger partial charge on any atom is -0.493 e. The fraction of sp³-hybridized carbons (Fsp3) is 0.500. The van der Waals surface area contributed by atoms with Crippen molar-refractivity contribution in [2.24, 2.45) is 0 Å². The van der Waals surface area contributed by atoms with Crippen LogP contribution in [-0.4, -0.2) is 53.1 Å². The van der Waals surface area contributed by atoms with Crippen molar-refractivity contribution in [1.82, 2.24) is 0 Å². The molecule has 1 heterocycles. The quantitative estimate of drug-likeness (QED) is 0.615. The molecular weight excluding hydrogens is 366 g/mol. The third kappa shape index (κ3) is 4.15. The predicted molar refractivity (Wildman–Crippen MR) is 115 cm³/mol. The Morgan fingerprint density at radius 2 is 1.48 bits per heavy atom. The number of likely N-dealkylation sites (N-methyl/N-ethyl adjacent to an activating group) is 1. The average molecular weight is 401 g/mol. The van der Waals surface area contributed by atoms with Crippen molar-refractivity contribution < 1.29 is 23.4 Å². The zero-order valence-corrected chi connectivity index (χ0v) is 18.6. The van der Waals surface area contributed by atoms with Crippen molar-refractivity contribution in [3.63, 3.8) is 0 Å².